The van der Waals surface area contributed by atoms with Crippen LogP contribution in [0.15, 0.2) is 23.8 Å². The largest absolute Gasteiger partial charge is 0.299 e. The molecule has 1 heterocycles. The van der Waals surface area contributed by atoms with E-state index in [1.165, 1.54) is 38.9 Å². The van der Waals surface area contributed by atoms with E-state index in [0.717, 1.165) is 5.92 Å². The van der Waals surface area contributed by atoms with Crippen LogP contribution in [0.4, 0.5) is 0 Å². The monoisotopic (exact) mass is 177 g/mol. The van der Waals surface area contributed by atoms with Gasteiger partial charge in [-0.1, -0.05) is 30.7 Å². The molecule has 1 saturated heterocycles. The molecule has 0 aromatic rings. The van der Waals surface area contributed by atoms with Crippen LogP contribution in [0.25, 0.3) is 0 Å². The molecule has 0 bridgehead atoms. The minimum Gasteiger partial charge on any atom is -0.299 e. The summed E-state index contributed by atoms with van der Waals surface area (Å²) in [5.41, 5.74) is 1.62. The first-order chi connectivity index (χ1) is 6.34. The van der Waals surface area contributed by atoms with E-state index in [1.54, 1.807) is 5.57 Å². The Morgan fingerprint density at radius 3 is 3.08 bits per heavy atom. The van der Waals surface area contributed by atoms with Crippen LogP contribution in [-0.4, -0.2) is 24.5 Å². The second-order valence-electron chi connectivity index (χ2n) is 4.42. The summed E-state index contributed by atoms with van der Waals surface area (Å²) >= 11 is 0. The van der Waals surface area contributed by atoms with E-state index in [-0.39, 0.29) is 0 Å². The lowest BCUT2D eigenvalue weighted by Crippen LogP contribution is -2.23. The predicted molar refractivity (Wildman–Crippen MR) is 56.7 cm³/mol. The van der Waals surface area contributed by atoms with Crippen LogP contribution >= 0.6 is 0 Å². The molecule has 0 N–H and O–H groups in total. The maximum Gasteiger partial charge on any atom is 0.0196 e. The molecular weight excluding hydrogens is 158 g/mol. The first kappa shape index (κ1) is 9.01. The number of hydrogen-bond acceptors (Lipinski definition) is 1. The molecule has 1 aliphatic carbocycles. The Labute approximate surface area is 81.1 Å². The lowest BCUT2D eigenvalue weighted by Gasteiger charge is -2.18. The number of rotatable bonds is 2. The van der Waals surface area contributed by atoms with Crippen LogP contribution in [-0.2, 0) is 0 Å². The first-order valence-corrected chi connectivity index (χ1v) is 5.41. The summed E-state index contributed by atoms with van der Waals surface area (Å²) in [5.74, 6) is 0.916. The molecule has 13 heavy (non-hydrogen) atoms. The van der Waals surface area contributed by atoms with Gasteiger partial charge in [0.15, 0.2) is 0 Å². The molecule has 1 atom stereocenters. The normalized spacial score (nSPS) is 29.3. The minimum atomic E-state index is 0.916. The van der Waals surface area contributed by atoms with Crippen LogP contribution in [0, 0.1) is 5.92 Å². The number of hydrogen-bond donors (Lipinski definition) is 0. The third-order valence-corrected chi connectivity index (χ3v) is 3.03. The third-order valence-electron chi connectivity index (χ3n) is 3.03. The summed E-state index contributed by atoms with van der Waals surface area (Å²) in [6, 6.07) is 0. The highest BCUT2D eigenvalue weighted by Gasteiger charge is 2.18. The third kappa shape index (κ3) is 2.44. The Balaban J connectivity index is 1.84. The fourth-order valence-corrected chi connectivity index (χ4v) is 2.24. The highest BCUT2D eigenvalue weighted by molar-refractivity contribution is 5.18. The van der Waals surface area contributed by atoms with Gasteiger partial charge in [-0.2, -0.15) is 0 Å². The number of allylic oxidation sites excluding steroid dienone is 3. The number of nitrogens with zero attached hydrogens (tertiary/aromatic N) is 1. The van der Waals surface area contributed by atoms with Crippen molar-refractivity contribution in [1.29, 1.82) is 0 Å². The van der Waals surface area contributed by atoms with E-state index in [1.807, 2.05) is 0 Å². The Morgan fingerprint density at radius 2 is 2.46 bits per heavy atom. The fraction of sp³-hybridized carbons (Fsp3) is 0.667. The van der Waals surface area contributed by atoms with Gasteiger partial charge in [0.25, 0.3) is 0 Å². The molecule has 72 valence electrons. The second kappa shape index (κ2) is 4.10. The van der Waals surface area contributed by atoms with Crippen molar-refractivity contribution in [2.45, 2.75) is 26.2 Å². The highest BCUT2D eigenvalue weighted by Crippen LogP contribution is 2.19. The van der Waals surface area contributed by atoms with Crippen LogP contribution in [0.5, 0.6) is 0 Å². The van der Waals surface area contributed by atoms with Crippen LogP contribution in [0.3, 0.4) is 0 Å². The number of likely N-dealkylation sites (tertiary alicyclic amines) is 1. The molecule has 2 rings (SSSR count). The van der Waals surface area contributed by atoms with E-state index in [2.05, 4.69) is 30.1 Å². The quantitative estimate of drug-likeness (QED) is 0.626. The average molecular weight is 177 g/mol. The van der Waals surface area contributed by atoms with Gasteiger partial charge >= 0.3 is 0 Å². The predicted octanol–water partition coefficient (Wildman–Crippen LogP) is 2.60. The first-order valence-electron chi connectivity index (χ1n) is 5.41. The van der Waals surface area contributed by atoms with E-state index in [4.69, 9.17) is 0 Å². The van der Waals surface area contributed by atoms with Gasteiger partial charge in [-0.15, -0.1) is 0 Å². The maximum atomic E-state index is 2.59. The van der Waals surface area contributed by atoms with E-state index >= 15 is 0 Å². The molecule has 1 unspecified atom stereocenters. The summed E-state index contributed by atoms with van der Waals surface area (Å²) < 4.78 is 0. The Kier molecular flexibility index (Phi) is 2.84. The van der Waals surface area contributed by atoms with Gasteiger partial charge in [-0.25, -0.2) is 0 Å². The second-order valence-corrected chi connectivity index (χ2v) is 4.42. The molecule has 1 fully saturated rings. The van der Waals surface area contributed by atoms with E-state index in [0.29, 0.717) is 0 Å². The molecule has 2 aliphatic rings. The summed E-state index contributed by atoms with van der Waals surface area (Å²) in [6.07, 6.45) is 10.7. The molecule has 0 amide bonds. The van der Waals surface area contributed by atoms with Gasteiger partial charge in [0, 0.05) is 13.1 Å². The summed E-state index contributed by atoms with van der Waals surface area (Å²) in [6.45, 7) is 6.19. The highest BCUT2D eigenvalue weighted by atomic mass is 15.1. The summed E-state index contributed by atoms with van der Waals surface area (Å²) in [7, 11) is 0. The SMILES string of the molecule is CC1CCN(CC2=CC=CCC2)C1. The molecule has 0 saturated carbocycles. The van der Waals surface area contributed by atoms with Crippen molar-refractivity contribution >= 4 is 0 Å². The summed E-state index contributed by atoms with van der Waals surface area (Å²) in [5, 5.41) is 0. The molecule has 1 heteroatoms. The Bertz CT molecular complexity index is 227. The van der Waals surface area contributed by atoms with Crippen molar-refractivity contribution < 1.29 is 0 Å². The van der Waals surface area contributed by atoms with Gasteiger partial charge in [0.2, 0.25) is 0 Å². The lowest BCUT2D eigenvalue weighted by molar-refractivity contribution is 0.352. The van der Waals surface area contributed by atoms with Gasteiger partial charge in [-0.3, -0.25) is 4.90 Å². The van der Waals surface area contributed by atoms with Crippen LogP contribution < -0.4 is 0 Å². The van der Waals surface area contributed by atoms with Crippen LogP contribution in [0.1, 0.15) is 26.2 Å². The van der Waals surface area contributed by atoms with Crippen molar-refractivity contribution in [2.24, 2.45) is 5.92 Å². The zero-order valence-corrected chi connectivity index (χ0v) is 8.50. The minimum absolute atomic E-state index is 0.916. The van der Waals surface area contributed by atoms with Crippen LogP contribution in [0.2, 0.25) is 0 Å². The molecule has 0 spiro atoms. The zero-order valence-electron chi connectivity index (χ0n) is 8.50. The van der Waals surface area contributed by atoms with Gasteiger partial charge in [0.1, 0.15) is 0 Å². The van der Waals surface area contributed by atoms with Crippen molar-refractivity contribution in [3.8, 4) is 0 Å². The van der Waals surface area contributed by atoms with Crippen molar-refractivity contribution in [3.05, 3.63) is 23.8 Å². The van der Waals surface area contributed by atoms with E-state index < -0.39 is 0 Å². The van der Waals surface area contributed by atoms with E-state index in [9.17, 15) is 0 Å². The molecule has 0 aromatic carbocycles. The maximum absolute atomic E-state index is 2.59. The van der Waals surface area contributed by atoms with Gasteiger partial charge in [0.05, 0.1) is 0 Å². The smallest absolute Gasteiger partial charge is 0.0196 e. The van der Waals surface area contributed by atoms with Crippen molar-refractivity contribution in [2.75, 3.05) is 19.6 Å². The average Bonchev–Trinajstić information content (AvgIpc) is 2.53. The molecule has 0 radical (unpaired) electrons. The molecular formula is C12H19N. The molecule has 1 aliphatic heterocycles. The fourth-order valence-electron chi connectivity index (χ4n) is 2.24. The zero-order chi connectivity index (χ0) is 9.10. The van der Waals surface area contributed by atoms with Crippen molar-refractivity contribution in [3.63, 3.8) is 0 Å². The molecule has 1 nitrogen and oxygen atoms in total. The standard InChI is InChI=1S/C12H19N/c1-11-7-8-13(9-11)10-12-5-3-2-4-6-12/h2-3,5,11H,4,6-10H2,1H3. The Hall–Kier alpha value is -0.560. The topological polar surface area (TPSA) is 3.24 Å². The van der Waals surface area contributed by atoms with Crippen molar-refractivity contribution in [1.82, 2.24) is 4.90 Å². The summed E-state index contributed by atoms with van der Waals surface area (Å²) in [4.78, 5) is 2.59. The van der Waals surface area contributed by atoms with Gasteiger partial charge < -0.3 is 0 Å². The van der Waals surface area contributed by atoms with Gasteiger partial charge in [-0.05, 0) is 31.7 Å². The lowest BCUT2D eigenvalue weighted by atomic mass is 10.1. The Morgan fingerprint density at radius 1 is 1.54 bits per heavy atom. The molecule has 0 aromatic heterocycles.